The fourth-order valence-electron chi connectivity index (χ4n) is 2.29. The van der Waals surface area contributed by atoms with Crippen molar-refractivity contribution in [2.45, 2.75) is 57.8 Å². The van der Waals surface area contributed by atoms with Gasteiger partial charge in [0.2, 0.25) is 0 Å². The molecule has 0 aromatic carbocycles. The van der Waals surface area contributed by atoms with Crippen LogP contribution >= 0.6 is 0 Å². The summed E-state index contributed by atoms with van der Waals surface area (Å²) in [6.07, 6.45) is 3.40. The maximum Gasteiger partial charge on any atom is 0.325 e. The topological polar surface area (TPSA) is 55.8 Å². The van der Waals surface area contributed by atoms with E-state index in [0.717, 1.165) is 25.7 Å². The van der Waals surface area contributed by atoms with Gasteiger partial charge in [0.05, 0.1) is 12.7 Å². The Balaban J connectivity index is 1.92. The van der Waals surface area contributed by atoms with Gasteiger partial charge < -0.3 is 14.4 Å². The summed E-state index contributed by atoms with van der Waals surface area (Å²) in [6, 6.07) is 0.210. The van der Waals surface area contributed by atoms with E-state index in [-0.39, 0.29) is 36.7 Å². The van der Waals surface area contributed by atoms with E-state index in [9.17, 15) is 9.59 Å². The number of carbonyl (C=O) groups is 2. The summed E-state index contributed by atoms with van der Waals surface area (Å²) in [7, 11) is 0. The second-order valence-electron chi connectivity index (χ2n) is 5.02. The van der Waals surface area contributed by atoms with Gasteiger partial charge in [-0.25, -0.2) is 0 Å². The average molecular weight is 255 g/mol. The number of esters is 1. The SMILES string of the molecule is CCOC(=O)CN(C(=O)C1CCC(C)O1)C1CC1. The molecule has 0 radical (unpaired) electrons. The van der Waals surface area contributed by atoms with Gasteiger partial charge >= 0.3 is 5.97 Å². The maximum atomic E-state index is 12.3. The van der Waals surface area contributed by atoms with Crippen molar-refractivity contribution >= 4 is 11.9 Å². The van der Waals surface area contributed by atoms with E-state index in [0.29, 0.717) is 6.61 Å². The second-order valence-corrected chi connectivity index (χ2v) is 5.02. The third kappa shape index (κ3) is 3.22. The molecule has 102 valence electrons. The van der Waals surface area contributed by atoms with Crippen molar-refractivity contribution in [1.29, 1.82) is 0 Å². The van der Waals surface area contributed by atoms with E-state index in [1.165, 1.54) is 0 Å². The van der Waals surface area contributed by atoms with Crippen LogP contribution < -0.4 is 0 Å². The molecule has 1 aliphatic carbocycles. The highest BCUT2D eigenvalue weighted by molar-refractivity contribution is 5.86. The summed E-state index contributed by atoms with van der Waals surface area (Å²) in [4.78, 5) is 25.5. The molecule has 2 fully saturated rings. The average Bonchev–Trinajstić information content (AvgIpc) is 3.08. The quantitative estimate of drug-likeness (QED) is 0.690. The van der Waals surface area contributed by atoms with Crippen molar-refractivity contribution in [2.75, 3.05) is 13.2 Å². The van der Waals surface area contributed by atoms with Gasteiger partial charge in [-0.05, 0) is 39.5 Å². The number of amides is 1. The van der Waals surface area contributed by atoms with Gasteiger partial charge in [0.1, 0.15) is 12.6 Å². The number of nitrogens with zero attached hydrogens (tertiary/aromatic N) is 1. The molecule has 2 unspecified atom stereocenters. The number of hydrogen-bond acceptors (Lipinski definition) is 4. The smallest absolute Gasteiger partial charge is 0.325 e. The Hall–Kier alpha value is -1.10. The molecule has 1 heterocycles. The molecule has 1 aliphatic heterocycles. The fraction of sp³-hybridized carbons (Fsp3) is 0.846. The minimum Gasteiger partial charge on any atom is -0.465 e. The van der Waals surface area contributed by atoms with E-state index >= 15 is 0 Å². The van der Waals surface area contributed by atoms with Crippen LogP contribution in [-0.4, -0.2) is 48.2 Å². The van der Waals surface area contributed by atoms with Crippen LogP contribution in [0, 0.1) is 0 Å². The van der Waals surface area contributed by atoms with Gasteiger partial charge in [-0.3, -0.25) is 9.59 Å². The van der Waals surface area contributed by atoms with E-state index in [1.54, 1.807) is 11.8 Å². The highest BCUT2D eigenvalue weighted by Crippen LogP contribution is 2.30. The largest absolute Gasteiger partial charge is 0.465 e. The zero-order valence-electron chi connectivity index (χ0n) is 11.1. The first-order valence-corrected chi connectivity index (χ1v) is 6.73. The van der Waals surface area contributed by atoms with Crippen LogP contribution in [-0.2, 0) is 19.1 Å². The Morgan fingerprint density at radius 2 is 2.00 bits per heavy atom. The predicted octanol–water partition coefficient (Wildman–Crippen LogP) is 1.11. The van der Waals surface area contributed by atoms with Gasteiger partial charge in [0.15, 0.2) is 0 Å². The van der Waals surface area contributed by atoms with Gasteiger partial charge in [-0.1, -0.05) is 0 Å². The minimum atomic E-state index is -0.366. The van der Waals surface area contributed by atoms with Crippen molar-refractivity contribution in [1.82, 2.24) is 4.90 Å². The predicted molar refractivity (Wildman–Crippen MR) is 64.9 cm³/mol. The Bertz CT molecular complexity index is 327. The van der Waals surface area contributed by atoms with Crippen LogP contribution in [0.25, 0.3) is 0 Å². The summed E-state index contributed by atoms with van der Waals surface area (Å²) in [6.45, 7) is 4.15. The third-order valence-electron chi connectivity index (χ3n) is 3.38. The summed E-state index contributed by atoms with van der Waals surface area (Å²) < 4.78 is 10.5. The molecular formula is C13H21NO4. The van der Waals surface area contributed by atoms with Crippen molar-refractivity contribution in [3.8, 4) is 0 Å². The molecule has 2 aliphatic rings. The molecule has 18 heavy (non-hydrogen) atoms. The van der Waals surface area contributed by atoms with E-state index < -0.39 is 0 Å². The van der Waals surface area contributed by atoms with E-state index in [4.69, 9.17) is 9.47 Å². The monoisotopic (exact) mass is 255 g/mol. The molecule has 5 heteroatoms. The molecule has 0 spiro atoms. The van der Waals surface area contributed by atoms with Crippen molar-refractivity contribution in [2.24, 2.45) is 0 Å². The normalized spacial score (nSPS) is 27.0. The first kappa shape index (κ1) is 13.3. The van der Waals surface area contributed by atoms with Crippen molar-refractivity contribution < 1.29 is 19.1 Å². The Kier molecular flexibility index (Phi) is 4.22. The van der Waals surface area contributed by atoms with Crippen LogP contribution in [0.5, 0.6) is 0 Å². The molecule has 1 saturated carbocycles. The Morgan fingerprint density at radius 3 is 2.50 bits per heavy atom. The molecule has 2 rings (SSSR count). The zero-order valence-corrected chi connectivity index (χ0v) is 11.1. The van der Waals surface area contributed by atoms with Gasteiger partial charge in [-0.15, -0.1) is 0 Å². The Morgan fingerprint density at radius 1 is 1.28 bits per heavy atom. The lowest BCUT2D eigenvalue weighted by atomic mass is 10.2. The van der Waals surface area contributed by atoms with Gasteiger partial charge in [0.25, 0.3) is 5.91 Å². The summed E-state index contributed by atoms with van der Waals surface area (Å²) >= 11 is 0. The molecular weight excluding hydrogens is 234 g/mol. The van der Waals surface area contributed by atoms with Crippen molar-refractivity contribution in [3.63, 3.8) is 0 Å². The van der Waals surface area contributed by atoms with Crippen molar-refractivity contribution in [3.05, 3.63) is 0 Å². The molecule has 1 amide bonds. The van der Waals surface area contributed by atoms with Crippen LogP contribution in [0.4, 0.5) is 0 Å². The lowest BCUT2D eigenvalue weighted by molar-refractivity contribution is -0.153. The summed E-state index contributed by atoms with van der Waals surface area (Å²) in [5, 5.41) is 0. The molecule has 0 N–H and O–H groups in total. The van der Waals surface area contributed by atoms with Crippen LogP contribution in [0.2, 0.25) is 0 Å². The first-order valence-electron chi connectivity index (χ1n) is 6.73. The fourth-order valence-corrected chi connectivity index (χ4v) is 2.29. The Labute approximate surface area is 107 Å². The maximum absolute atomic E-state index is 12.3. The zero-order chi connectivity index (χ0) is 13.1. The molecule has 1 saturated heterocycles. The van der Waals surface area contributed by atoms with E-state index in [1.807, 2.05) is 6.92 Å². The third-order valence-corrected chi connectivity index (χ3v) is 3.38. The summed E-state index contributed by atoms with van der Waals surface area (Å²) in [5.74, 6) is -0.376. The van der Waals surface area contributed by atoms with Crippen LogP contribution in [0.1, 0.15) is 39.5 Å². The molecule has 2 atom stereocenters. The lowest BCUT2D eigenvalue weighted by Crippen LogP contribution is -2.43. The number of hydrogen-bond donors (Lipinski definition) is 0. The second kappa shape index (κ2) is 5.69. The highest BCUT2D eigenvalue weighted by Gasteiger charge is 2.39. The lowest BCUT2D eigenvalue weighted by Gasteiger charge is -2.24. The summed E-state index contributed by atoms with van der Waals surface area (Å²) in [5.41, 5.74) is 0. The first-order chi connectivity index (χ1) is 8.61. The molecule has 0 aromatic heterocycles. The van der Waals surface area contributed by atoms with Gasteiger partial charge in [-0.2, -0.15) is 0 Å². The molecule has 5 nitrogen and oxygen atoms in total. The number of carbonyl (C=O) groups excluding carboxylic acids is 2. The van der Waals surface area contributed by atoms with E-state index in [2.05, 4.69) is 0 Å². The van der Waals surface area contributed by atoms with Crippen LogP contribution in [0.15, 0.2) is 0 Å². The molecule has 0 aromatic rings. The van der Waals surface area contributed by atoms with Gasteiger partial charge in [0, 0.05) is 6.04 Å². The van der Waals surface area contributed by atoms with Crippen LogP contribution in [0.3, 0.4) is 0 Å². The number of ether oxygens (including phenoxy) is 2. The highest BCUT2D eigenvalue weighted by atomic mass is 16.5. The standard InChI is InChI=1S/C13H21NO4/c1-3-17-12(15)8-14(10-5-6-10)13(16)11-7-4-9(2)18-11/h9-11H,3-8H2,1-2H3. The molecule has 0 bridgehead atoms. The minimum absolute atomic E-state index is 0.0464. The number of rotatable bonds is 5.